The van der Waals surface area contributed by atoms with Gasteiger partial charge in [-0.15, -0.1) is 0 Å². The number of fused-ring (bicyclic) bond motifs is 4. The van der Waals surface area contributed by atoms with Crippen molar-refractivity contribution in [3.05, 3.63) is 224 Å². The van der Waals surface area contributed by atoms with Crippen LogP contribution in [0.15, 0.2) is 206 Å². The monoisotopic (exact) mass is 882 g/mol. The molecule has 0 saturated heterocycles. The molecule has 3 heterocycles. The van der Waals surface area contributed by atoms with Gasteiger partial charge in [-0.05, 0) is 112 Å². The second-order valence-corrected chi connectivity index (χ2v) is 18.8. The van der Waals surface area contributed by atoms with Crippen LogP contribution in [0.4, 0.5) is 0 Å². The van der Waals surface area contributed by atoms with Crippen molar-refractivity contribution in [1.29, 1.82) is 0 Å². The predicted octanol–water partition coefficient (Wildman–Crippen LogP) is 16.2. The molecule has 0 aliphatic rings. The molecular weight excluding hydrogens is 829 g/mol. The number of imidazole rings is 1. The number of nitrogens with zero attached hydrogens (tertiary/aromatic N) is 4. The van der Waals surface area contributed by atoms with Crippen LogP contribution in [-0.4, -0.2) is 14.1 Å². The van der Waals surface area contributed by atoms with Gasteiger partial charge >= 0.3 is 0 Å². The van der Waals surface area contributed by atoms with Crippen LogP contribution in [0.2, 0.25) is 0 Å². The SMILES string of the molecule is CCC(CC)c1cc(-n2c3ccc(C(C)(C)C)cc3c3ccc(Oc4cccc(-n5[c-][n+](-c6c(-c7ccccc7)cccc6-c6ccccc6)c6ccccc65)c4)cc32)ncc1-c1ccccc1. The first-order valence-corrected chi connectivity index (χ1v) is 23.9. The van der Waals surface area contributed by atoms with Gasteiger partial charge in [0.1, 0.15) is 17.3 Å². The molecule has 0 amide bonds. The van der Waals surface area contributed by atoms with Gasteiger partial charge in [0.2, 0.25) is 0 Å². The summed E-state index contributed by atoms with van der Waals surface area (Å²) >= 11 is 0. The van der Waals surface area contributed by atoms with E-state index < -0.39 is 0 Å². The lowest BCUT2D eigenvalue weighted by molar-refractivity contribution is -0.571. The second-order valence-electron chi connectivity index (χ2n) is 18.8. The minimum atomic E-state index is -0.00782. The third kappa shape index (κ3) is 7.74. The van der Waals surface area contributed by atoms with Crippen molar-refractivity contribution in [2.24, 2.45) is 0 Å². The molecule has 0 unspecified atom stereocenters. The predicted molar refractivity (Wildman–Crippen MR) is 281 cm³/mol. The Hall–Kier alpha value is -8.02. The maximum Gasteiger partial charge on any atom is 0.269 e. The number of rotatable bonds is 11. The van der Waals surface area contributed by atoms with Gasteiger partial charge in [0.25, 0.3) is 6.33 Å². The topological polar surface area (TPSA) is 35.9 Å². The normalized spacial score (nSPS) is 11.9. The highest BCUT2D eigenvalue weighted by molar-refractivity contribution is 6.10. The van der Waals surface area contributed by atoms with Crippen LogP contribution in [0, 0.1) is 6.33 Å². The Morgan fingerprint density at radius 3 is 1.82 bits per heavy atom. The Balaban J connectivity index is 1.03. The first-order valence-electron chi connectivity index (χ1n) is 23.9. The van der Waals surface area contributed by atoms with Gasteiger partial charge < -0.3 is 4.74 Å². The van der Waals surface area contributed by atoms with Crippen LogP contribution in [0.25, 0.3) is 83.4 Å². The molecule has 0 aliphatic carbocycles. The fraction of sp³-hybridized carbons (Fsp3) is 0.143. The van der Waals surface area contributed by atoms with Crippen molar-refractivity contribution in [2.45, 2.75) is 58.8 Å². The summed E-state index contributed by atoms with van der Waals surface area (Å²) in [7, 11) is 0. The molecule has 3 aromatic heterocycles. The van der Waals surface area contributed by atoms with E-state index in [-0.39, 0.29) is 5.41 Å². The minimum absolute atomic E-state index is 0.00782. The summed E-state index contributed by atoms with van der Waals surface area (Å²) < 4.78 is 13.6. The zero-order valence-electron chi connectivity index (χ0n) is 39.3. The Labute approximate surface area is 399 Å². The highest BCUT2D eigenvalue weighted by Gasteiger charge is 2.23. The lowest BCUT2D eigenvalue weighted by Gasteiger charge is -2.20. The van der Waals surface area contributed by atoms with E-state index in [2.05, 4.69) is 255 Å². The largest absolute Gasteiger partial charge is 0.458 e. The average Bonchev–Trinajstić information content (AvgIpc) is 3.93. The van der Waals surface area contributed by atoms with E-state index in [1.807, 2.05) is 6.07 Å². The molecule has 0 spiro atoms. The van der Waals surface area contributed by atoms with Crippen LogP contribution >= 0.6 is 0 Å². The lowest BCUT2D eigenvalue weighted by atomic mass is 9.86. The summed E-state index contributed by atoms with van der Waals surface area (Å²) in [4.78, 5) is 5.25. The molecule has 0 aliphatic heterocycles. The average molecular weight is 883 g/mol. The molecule has 0 fully saturated rings. The summed E-state index contributed by atoms with van der Waals surface area (Å²) in [6.45, 7) is 11.4. The summed E-state index contributed by atoms with van der Waals surface area (Å²) in [5.74, 6) is 2.78. The first kappa shape index (κ1) is 42.6. The molecule has 0 N–H and O–H groups in total. The number of para-hydroxylation sites is 3. The molecule has 11 rings (SSSR count). The van der Waals surface area contributed by atoms with E-state index in [0.29, 0.717) is 5.92 Å². The van der Waals surface area contributed by atoms with E-state index >= 15 is 0 Å². The Morgan fingerprint density at radius 2 is 1.16 bits per heavy atom. The van der Waals surface area contributed by atoms with Crippen LogP contribution in [0.5, 0.6) is 11.5 Å². The number of ether oxygens (including phenoxy) is 1. The van der Waals surface area contributed by atoms with Crippen molar-refractivity contribution in [3.63, 3.8) is 0 Å². The highest BCUT2D eigenvalue weighted by Crippen LogP contribution is 2.41. The van der Waals surface area contributed by atoms with Crippen LogP contribution in [-0.2, 0) is 5.41 Å². The van der Waals surface area contributed by atoms with Gasteiger partial charge in [0.05, 0.1) is 33.4 Å². The van der Waals surface area contributed by atoms with Gasteiger partial charge in [-0.2, -0.15) is 0 Å². The molecule has 5 heteroatoms. The number of hydrogen-bond donors (Lipinski definition) is 0. The summed E-state index contributed by atoms with van der Waals surface area (Å²) in [6.07, 6.45) is 7.99. The quantitative estimate of drug-likeness (QED) is 0.0958. The van der Waals surface area contributed by atoms with E-state index in [1.54, 1.807) is 0 Å². The zero-order chi connectivity index (χ0) is 46.4. The maximum atomic E-state index is 6.88. The molecular formula is C63H54N4O. The molecule has 0 atom stereocenters. The summed E-state index contributed by atoms with van der Waals surface area (Å²) in [5.41, 5.74) is 15.8. The van der Waals surface area contributed by atoms with Crippen LogP contribution in [0.3, 0.4) is 0 Å². The van der Waals surface area contributed by atoms with E-state index in [1.165, 1.54) is 27.6 Å². The number of pyridine rings is 1. The maximum absolute atomic E-state index is 6.88. The number of benzene rings is 8. The smallest absolute Gasteiger partial charge is 0.269 e. The van der Waals surface area contributed by atoms with E-state index in [0.717, 1.165) is 91.2 Å². The molecule has 68 heavy (non-hydrogen) atoms. The summed E-state index contributed by atoms with van der Waals surface area (Å²) in [6, 6.07) is 71.1. The van der Waals surface area contributed by atoms with Gasteiger partial charge in [-0.1, -0.05) is 180 Å². The van der Waals surface area contributed by atoms with Crippen molar-refractivity contribution in [1.82, 2.24) is 14.1 Å². The Morgan fingerprint density at radius 1 is 0.544 bits per heavy atom. The van der Waals surface area contributed by atoms with Gasteiger partial charge in [-0.3, -0.25) is 13.7 Å². The van der Waals surface area contributed by atoms with Gasteiger partial charge in [-0.25, -0.2) is 4.98 Å². The Bertz CT molecular complexity index is 3540. The van der Waals surface area contributed by atoms with Crippen LogP contribution < -0.4 is 9.30 Å². The van der Waals surface area contributed by atoms with Gasteiger partial charge in [0.15, 0.2) is 0 Å². The molecule has 8 aromatic carbocycles. The lowest BCUT2D eigenvalue weighted by Crippen LogP contribution is -2.31. The van der Waals surface area contributed by atoms with Crippen molar-refractivity contribution >= 4 is 32.8 Å². The molecule has 0 bridgehead atoms. The van der Waals surface area contributed by atoms with Crippen LogP contribution in [0.1, 0.15) is 64.5 Å². The molecule has 332 valence electrons. The number of hydrogen-bond acceptors (Lipinski definition) is 2. The molecule has 11 aromatic rings. The first-order chi connectivity index (χ1) is 33.3. The Kier molecular flexibility index (Phi) is 11.1. The third-order valence-corrected chi connectivity index (χ3v) is 13.6. The van der Waals surface area contributed by atoms with Gasteiger partial charge in [0, 0.05) is 28.6 Å². The molecule has 0 radical (unpaired) electrons. The van der Waals surface area contributed by atoms with Crippen molar-refractivity contribution in [3.8, 4) is 62.1 Å². The highest BCUT2D eigenvalue weighted by atomic mass is 16.5. The number of aromatic nitrogens is 4. The fourth-order valence-electron chi connectivity index (χ4n) is 10.0. The fourth-order valence-corrected chi connectivity index (χ4v) is 10.0. The third-order valence-electron chi connectivity index (χ3n) is 13.6. The minimum Gasteiger partial charge on any atom is -0.458 e. The van der Waals surface area contributed by atoms with Crippen molar-refractivity contribution < 1.29 is 9.30 Å². The zero-order valence-corrected chi connectivity index (χ0v) is 39.3. The van der Waals surface area contributed by atoms with E-state index in [4.69, 9.17) is 9.72 Å². The second kappa shape index (κ2) is 17.7. The molecule has 5 nitrogen and oxygen atoms in total. The molecule has 0 saturated carbocycles. The summed E-state index contributed by atoms with van der Waals surface area (Å²) in [5, 5.41) is 2.36. The standard InChI is InChI=1S/C63H54N4O/c1-6-43(7-2)54-40-61(64-41-56(54)46-25-15-10-16-26-46)67-57-36-33-47(63(3,4)5)37-55(57)53-35-34-50(39-60(53)67)68-49-28-19-27-48(38-49)65-42-66(59-32-18-17-31-58(59)65)62-51(44-21-11-8-12-22-44)29-20-30-52(62)45-23-13-9-14-24-45/h8-41,43H,6-7H2,1-5H3. The van der Waals surface area contributed by atoms with Crippen molar-refractivity contribution in [2.75, 3.05) is 0 Å². The van der Waals surface area contributed by atoms with E-state index in [9.17, 15) is 0 Å².